The molecule has 0 aliphatic rings. The van der Waals surface area contributed by atoms with Gasteiger partial charge in [-0.15, -0.1) is 11.8 Å². The lowest BCUT2D eigenvalue weighted by atomic mass is 9.85. The van der Waals surface area contributed by atoms with Crippen molar-refractivity contribution in [1.29, 1.82) is 0 Å². The summed E-state index contributed by atoms with van der Waals surface area (Å²) in [7, 11) is 2.04. The zero-order valence-electron chi connectivity index (χ0n) is 11.9. The van der Waals surface area contributed by atoms with Crippen molar-refractivity contribution in [2.45, 2.75) is 59.0 Å². The van der Waals surface area contributed by atoms with Gasteiger partial charge in [-0.3, -0.25) is 4.90 Å². The number of nitrogens with one attached hydrogen (secondary N) is 1. The Morgan fingerprint density at radius 2 is 1.81 bits per heavy atom. The predicted molar refractivity (Wildman–Crippen MR) is 72.5 cm³/mol. The van der Waals surface area contributed by atoms with Gasteiger partial charge in [0.15, 0.2) is 0 Å². The third kappa shape index (κ3) is 3.50. The van der Waals surface area contributed by atoms with Crippen LogP contribution in [0, 0.1) is 11.8 Å². The molecule has 94 valence electrons. The minimum atomic E-state index is 0.197. The molecule has 1 N–H and O–H groups in total. The molecule has 2 atom stereocenters. The minimum absolute atomic E-state index is 0.197. The lowest BCUT2D eigenvalue weighted by Crippen LogP contribution is -2.58. The molecule has 0 amide bonds. The SMILES string of the molecule is CC#CCC(NC)C(C)(CC)N(CC)CC. The highest BCUT2D eigenvalue weighted by Gasteiger charge is 2.35. The molecule has 0 saturated carbocycles. The quantitative estimate of drug-likeness (QED) is 0.668. The summed E-state index contributed by atoms with van der Waals surface area (Å²) in [6.07, 6.45) is 2.07. The summed E-state index contributed by atoms with van der Waals surface area (Å²) < 4.78 is 0. The molecule has 0 aromatic rings. The Morgan fingerprint density at radius 1 is 1.25 bits per heavy atom. The van der Waals surface area contributed by atoms with Crippen molar-refractivity contribution >= 4 is 0 Å². The van der Waals surface area contributed by atoms with Crippen LogP contribution >= 0.6 is 0 Å². The summed E-state index contributed by atoms with van der Waals surface area (Å²) in [6, 6.07) is 0.435. The summed E-state index contributed by atoms with van der Waals surface area (Å²) in [5.74, 6) is 6.20. The fourth-order valence-electron chi connectivity index (χ4n) is 2.47. The maximum absolute atomic E-state index is 3.43. The van der Waals surface area contributed by atoms with Crippen LogP contribution in [0.2, 0.25) is 0 Å². The molecule has 0 aromatic heterocycles. The third-order valence-electron chi connectivity index (χ3n) is 3.78. The van der Waals surface area contributed by atoms with Crippen molar-refractivity contribution in [1.82, 2.24) is 10.2 Å². The fraction of sp³-hybridized carbons (Fsp3) is 0.857. The van der Waals surface area contributed by atoms with E-state index >= 15 is 0 Å². The number of hydrogen-bond acceptors (Lipinski definition) is 2. The van der Waals surface area contributed by atoms with Gasteiger partial charge < -0.3 is 5.32 Å². The van der Waals surface area contributed by atoms with Gasteiger partial charge in [-0.05, 0) is 40.4 Å². The second-order valence-corrected chi connectivity index (χ2v) is 4.36. The molecular weight excluding hydrogens is 196 g/mol. The van der Waals surface area contributed by atoms with Crippen LogP contribution < -0.4 is 5.32 Å². The summed E-state index contributed by atoms with van der Waals surface area (Å²) in [5.41, 5.74) is 0.197. The van der Waals surface area contributed by atoms with Crippen molar-refractivity contribution in [2.75, 3.05) is 20.1 Å². The molecule has 0 heterocycles. The van der Waals surface area contributed by atoms with E-state index in [1.165, 1.54) is 0 Å². The largest absolute Gasteiger partial charge is 0.314 e. The molecule has 2 heteroatoms. The van der Waals surface area contributed by atoms with Gasteiger partial charge in [-0.2, -0.15) is 0 Å². The minimum Gasteiger partial charge on any atom is -0.314 e. The average Bonchev–Trinajstić information content (AvgIpc) is 2.31. The van der Waals surface area contributed by atoms with E-state index in [1.807, 2.05) is 14.0 Å². The van der Waals surface area contributed by atoms with E-state index in [-0.39, 0.29) is 5.54 Å². The Labute approximate surface area is 102 Å². The molecule has 0 bridgehead atoms. The average molecular weight is 224 g/mol. The Balaban J connectivity index is 4.90. The highest BCUT2D eigenvalue weighted by atomic mass is 15.2. The molecule has 2 nitrogen and oxygen atoms in total. The molecule has 0 fully saturated rings. The van der Waals surface area contributed by atoms with Gasteiger partial charge >= 0.3 is 0 Å². The maximum atomic E-state index is 3.43. The lowest BCUT2D eigenvalue weighted by molar-refractivity contribution is 0.0748. The van der Waals surface area contributed by atoms with Crippen molar-refractivity contribution in [3.05, 3.63) is 0 Å². The van der Waals surface area contributed by atoms with Crippen molar-refractivity contribution in [3.8, 4) is 11.8 Å². The Kier molecular flexibility index (Phi) is 7.45. The number of likely N-dealkylation sites (N-methyl/N-ethyl adjacent to an activating group) is 2. The van der Waals surface area contributed by atoms with Crippen LogP contribution in [0.1, 0.15) is 47.5 Å². The van der Waals surface area contributed by atoms with Gasteiger partial charge in [-0.25, -0.2) is 0 Å². The van der Waals surface area contributed by atoms with Gasteiger partial charge in [0, 0.05) is 18.0 Å². The molecule has 0 saturated heterocycles. The summed E-state index contributed by atoms with van der Waals surface area (Å²) >= 11 is 0. The van der Waals surface area contributed by atoms with Crippen molar-refractivity contribution < 1.29 is 0 Å². The monoisotopic (exact) mass is 224 g/mol. The van der Waals surface area contributed by atoms with Gasteiger partial charge in [0.25, 0.3) is 0 Å². The molecule has 0 aromatic carbocycles. The highest BCUT2D eigenvalue weighted by molar-refractivity contribution is 5.05. The van der Waals surface area contributed by atoms with Crippen LogP contribution in [0.15, 0.2) is 0 Å². The van der Waals surface area contributed by atoms with E-state index in [0.717, 1.165) is 25.9 Å². The summed E-state index contributed by atoms with van der Waals surface area (Å²) in [6.45, 7) is 13.2. The van der Waals surface area contributed by atoms with Gasteiger partial charge in [0.05, 0.1) is 0 Å². The van der Waals surface area contributed by atoms with E-state index in [0.29, 0.717) is 6.04 Å². The first-order chi connectivity index (χ1) is 7.60. The zero-order chi connectivity index (χ0) is 12.6. The second-order valence-electron chi connectivity index (χ2n) is 4.36. The molecule has 16 heavy (non-hydrogen) atoms. The number of rotatable bonds is 7. The molecule has 0 aliphatic carbocycles. The Morgan fingerprint density at radius 3 is 2.12 bits per heavy atom. The van der Waals surface area contributed by atoms with Gasteiger partial charge in [0.2, 0.25) is 0 Å². The van der Waals surface area contributed by atoms with E-state index in [9.17, 15) is 0 Å². The smallest absolute Gasteiger partial charge is 0.0356 e. The number of nitrogens with zero attached hydrogens (tertiary/aromatic N) is 1. The van der Waals surface area contributed by atoms with Crippen LogP contribution in [0.4, 0.5) is 0 Å². The highest BCUT2D eigenvalue weighted by Crippen LogP contribution is 2.25. The maximum Gasteiger partial charge on any atom is 0.0356 e. The van der Waals surface area contributed by atoms with Crippen LogP contribution in [0.25, 0.3) is 0 Å². The van der Waals surface area contributed by atoms with Gasteiger partial charge in [-0.1, -0.05) is 20.8 Å². The third-order valence-corrected chi connectivity index (χ3v) is 3.78. The molecule has 0 aliphatic heterocycles. The molecular formula is C14H28N2. The second kappa shape index (κ2) is 7.70. The molecule has 2 unspecified atom stereocenters. The first-order valence-electron chi connectivity index (χ1n) is 6.42. The standard InChI is InChI=1S/C14H28N2/c1-7-11-12-13(15-6)14(5,8-2)16(9-3)10-4/h13,15H,8-10,12H2,1-6H3. The molecule has 0 radical (unpaired) electrons. The number of hydrogen-bond donors (Lipinski definition) is 1. The first-order valence-corrected chi connectivity index (χ1v) is 6.42. The van der Waals surface area contributed by atoms with E-state index < -0.39 is 0 Å². The Hall–Kier alpha value is -0.520. The van der Waals surface area contributed by atoms with Crippen LogP contribution in [0.3, 0.4) is 0 Å². The summed E-state index contributed by atoms with van der Waals surface area (Å²) in [5, 5.41) is 3.43. The Bertz CT molecular complexity index is 235. The first kappa shape index (κ1) is 15.5. The zero-order valence-corrected chi connectivity index (χ0v) is 11.9. The van der Waals surface area contributed by atoms with Gasteiger partial charge in [0.1, 0.15) is 0 Å². The predicted octanol–water partition coefficient (Wildman–Crippen LogP) is 2.50. The molecule has 0 spiro atoms. The van der Waals surface area contributed by atoms with Crippen LogP contribution in [0.5, 0.6) is 0 Å². The van der Waals surface area contributed by atoms with Crippen LogP contribution in [-0.2, 0) is 0 Å². The van der Waals surface area contributed by atoms with Crippen LogP contribution in [-0.4, -0.2) is 36.6 Å². The van der Waals surface area contributed by atoms with Crippen molar-refractivity contribution in [2.24, 2.45) is 0 Å². The van der Waals surface area contributed by atoms with E-state index in [2.05, 4.69) is 49.8 Å². The molecule has 0 rings (SSSR count). The fourth-order valence-corrected chi connectivity index (χ4v) is 2.47. The lowest BCUT2D eigenvalue weighted by Gasteiger charge is -2.45. The van der Waals surface area contributed by atoms with E-state index in [1.54, 1.807) is 0 Å². The van der Waals surface area contributed by atoms with E-state index in [4.69, 9.17) is 0 Å². The normalized spacial score (nSPS) is 16.4. The summed E-state index contributed by atoms with van der Waals surface area (Å²) in [4.78, 5) is 2.53. The van der Waals surface area contributed by atoms with Crippen molar-refractivity contribution in [3.63, 3.8) is 0 Å². The topological polar surface area (TPSA) is 15.3 Å².